The highest BCUT2D eigenvalue weighted by Gasteiger charge is 2.19. The molecular weight excluding hydrogens is 266 g/mol. The van der Waals surface area contributed by atoms with Crippen molar-refractivity contribution in [1.29, 1.82) is 0 Å². The van der Waals surface area contributed by atoms with Crippen molar-refractivity contribution in [3.63, 3.8) is 0 Å². The van der Waals surface area contributed by atoms with Gasteiger partial charge in [-0.3, -0.25) is 15.1 Å². The Morgan fingerprint density at radius 3 is 2.67 bits per heavy atom. The van der Waals surface area contributed by atoms with E-state index in [1.807, 2.05) is 24.3 Å². The van der Waals surface area contributed by atoms with Gasteiger partial charge in [0.1, 0.15) is 0 Å². The number of benzene rings is 1. The average molecular weight is 283 g/mol. The number of imide groups is 1. The quantitative estimate of drug-likeness (QED) is 0.875. The van der Waals surface area contributed by atoms with Crippen molar-refractivity contribution in [3.8, 4) is 0 Å². The van der Waals surface area contributed by atoms with Gasteiger partial charge in [0, 0.05) is 24.7 Å². The first-order chi connectivity index (χ1) is 10.2. The number of aromatic nitrogens is 1. The molecule has 0 unspecified atom stereocenters. The van der Waals surface area contributed by atoms with Gasteiger partial charge in [-0.25, -0.2) is 4.79 Å². The minimum Gasteiger partial charge on any atom is -0.324 e. The third kappa shape index (κ3) is 3.02. The van der Waals surface area contributed by atoms with Crippen molar-refractivity contribution in [2.75, 3.05) is 13.1 Å². The van der Waals surface area contributed by atoms with Gasteiger partial charge in [-0.2, -0.15) is 0 Å². The van der Waals surface area contributed by atoms with E-state index in [1.165, 1.54) is 6.20 Å². The predicted molar refractivity (Wildman–Crippen MR) is 80.0 cm³/mol. The number of pyridine rings is 1. The minimum atomic E-state index is -0.399. The Morgan fingerprint density at radius 2 is 1.86 bits per heavy atom. The lowest BCUT2D eigenvalue weighted by Crippen LogP contribution is -2.45. The number of hydrogen-bond donors (Lipinski definition) is 1. The maximum atomic E-state index is 12.1. The third-order valence-electron chi connectivity index (χ3n) is 3.72. The standard InChI is InChI=1S/C16H17N3O2/c20-15(18-16(21)19-8-4-1-5-9-19)13-10-12-6-2-3-7-14(12)17-11-13/h2-3,6-7,10-11H,1,4-5,8-9H2,(H,18,20,21). The van der Waals surface area contributed by atoms with Crippen molar-refractivity contribution in [3.05, 3.63) is 42.1 Å². The van der Waals surface area contributed by atoms with Gasteiger partial charge in [0.2, 0.25) is 0 Å². The van der Waals surface area contributed by atoms with Gasteiger partial charge < -0.3 is 4.90 Å². The zero-order valence-electron chi connectivity index (χ0n) is 11.7. The largest absolute Gasteiger partial charge is 0.324 e. The van der Waals surface area contributed by atoms with Crippen LogP contribution in [0.5, 0.6) is 0 Å². The number of rotatable bonds is 1. The molecule has 108 valence electrons. The Hall–Kier alpha value is -2.43. The first-order valence-electron chi connectivity index (χ1n) is 7.19. The molecule has 3 amide bonds. The van der Waals surface area contributed by atoms with E-state index in [4.69, 9.17) is 0 Å². The number of fused-ring (bicyclic) bond motifs is 1. The zero-order chi connectivity index (χ0) is 14.7. The molecule has 1 saturated heterocycles. The highest BCUT2D eigenvalue weighted by atomic mass is 16.2. The van der Waals surface area contributed by atoms with Crippen LogP contribution in [0.3, 0.4) is 0 Å². The molecule has 0 saturated carbocycles. The fourth-order valence-electron chi connectivity index (χ4n) is 2.54. The van der Waals surface area contributed by atoms with Gasteiger partial charge in [0.05, 0.1) is 11.1 Å². The maximum Gasteiger partial charge on any atom is 0.324 e. The van der Waals surface area contributed by atoms with Crippen LogP contribution in [0.15, 0.2) is 36.5 Å². The average Bonchev–Trinajstić information content (AvgIpc) is 2.55. The Morgan fingerprint density at radius 1 is 1.10 bits per heavy atom. The van der Waals surface area contributed by atoms with Crippen LogP contribution in [0, 0.1) is 0 Å². The first kappa shape index (κ1) is 13.5. The lowest BCUT2D eigenvalue weighted by Gasteiger charge is -2.26. The second-order valence-electron chi connectivity index (χ2n) is 5.22. The number of para-hydroxylation sites is 1. The molecule has 0 radical (unpaired) electrons. The molecule has 2 heterocycles. The van der Waals surface area contributed by atoms with Crippen LogP contribution in [0.4, 0.5) is 4.79 Å². The van der Waals surface area contributed by atoms with Crippen molar-refractivity contribution < 1.29 is 9.59 Å². The number of amides is 3. The van der Waals surface area contributed by atoms with Gasteiger partial charge in [-0.1, -0.05) is 18.2 Å². The first-order valence-corrected chi connectivity index (χ1v) is 7.19. The van der Waals surface area contributed by atoms with Gasteiger partial charge in [-0.05, 0) is 31.4 Å². The number of hydrogen-bond acceptors (Lipinski definition) is 3. The summed E-state index contributed by atoms with van der Waals surface area (Å²) in [5.74, 6) is -0.399. The van der Waals surface area contributed by atoms with Crippen molar-refractivity contribution in [2.45, 2.75) is 19.3 Å². The number of likely N-dealkylation sites (tertiary alicyclic amines) is 1. The molecule has 0 bridgehead atoms. The Kier molecular flexibility index (Phi) is 3.81. The van der Waals surface area contributed by atoms with Crippen molar-refractivity contribution in [1.82, 2.24) is 15.2 Å². The number of piperidine rings is 1. The van der Waals surface area contributed by atoms with Crippen LogP contribution in [0.1, 0.15) is 29.6 Å². The SMILES string of the molecule is O=C(NC(=O)N1CCCCC1)c1cnc2ccccc2c1. The van der Waals surface area contributed by atoms with Crippen molar-refractivity contribution in [2.24, 2.45) is 0 Å². The highest BCUT2D eigenvalue weighted by Crippen LogP contribution is 2.13. The van der Waals surface area contributed by atoms with E-state index in [9.17, 15) is 9.59 Å². The van der Waals surface area contributed by atoms with Crippen LogP contribution < -0.4 is 5.32 Å². The van der Waals surface area contributed by atoms with Crippen molar-refractivity contribution >= 4 is 22.8 Å². The Bertz CT molecular complexity index is 678. The molecule has 5 heteroatoms. The smallest absolute Gasteiger partial charge is 0.324 e. The number of carbonyl (C=O) groups is 2. The molecule has 5 nitrogen and oxygen atoms in total. The lowest BCUT2D eigenvalue weighted by atomic mass is 10.1. The summed E-state index contributed by atoms with van der Waals surface area (Å²) < 4.78 is 0. The summed E-state index contributed by atoms with van der Waals surface area (Å²) in [5.41, 5.74) is 1.23. The number of urea groups is 1. The molecule has 21 heavy (non-hydrogen) atoms. The number of nitrogens with one attached hydrogen (secondary N) is 1. The van der Waals surface area contributed by atoms with Crippen LogP contribution in [0.2, 0.25) is 0 Å². The van der Waals surface area contributed by atoms with Crippen LogP contribution in [-0.2, 0) is 0 Å². The van der Waals surface area contributed by atoms with Gasteiger partial charge in [0.15, 0.2) is 0 Å². The van der Waals surface area contributed by atoms with Crippen LogP contribution in [-0.4, -0.2) is 34.9 Å². The highest BCUT2D eigenvalue weighted by molar-refractivity contribution is 6.05. The summed E-state index contributed by atoms with van der Waals surface area (Å²) in [6.45, 7) is 1.43. The fraction of sp³-hybridized carbons (Fsp3) is 0.312. The fourth-order valence-corrected chi connectivity index (χ4v) is 2.54. The molecule has 2 aromatic rings. The molecular formula is C16H17N3O2. The van der Waals surface area contributed by atoms with E-state index in [0.29, 0.717) is 5.56 Å². The molecule has 1 N–H and O–H groups in total. The monoisotopic (exact) mass is 283 g/mol. The van der Waals surface area contributed by atoms with E-state index in [1.54, 1.807) is 11.0 Å². The molecule has 1 fully saturated rings. The second-order valence-corrected chi connectivity index (χ2v) is 5.22. The minimum absolute atomic E-state index is 0.312. The maximum absolute atomic E-state index is 12.1. The Labute approximate surface area is 123 Å². The van der Waals surface area contributed by atoms with Gasteiger partial charge >= 0.3 is 6.03 Å². The third-order valence-corrected chi connectivity index (χ3v) is 3.72. The lowest BCUT2D eigenvalue weighted by molar-refractivity contribution is 0.0948. The van der Waals surface area contributed by atoms with E-state index >= 15 is 0 Å². The summed E-state index contributed by atoms with van der Waals surface area (Å²) in [4.78, 5) is 30.1. The van der Waals surface area contributed by atoms with E-state index in [2.05, 4.69) is 10.3 Å². The number of nitrogens with zero attached hydrogens (tertiary/aromatic N) is 2. The number of carbonyl (C=O) groups excluding carboxylic acids is 2. The second kappa shape index (κ2) is 5.91. The molecule has 1 aliphatic rings. The van der Waals surface area contributed by atoms with E-state index < -0.39 is 5.91 Å². The summed E-state index contributed by atoms with van der Waals surface area (Å²) in [7, 11) is 0. The molecule has 1 aromatic heterocycles. The normalized spacial score (nSPS) is 15.0. The summed E-state index contributed by atoms with van der Waals surface area (Å²) >= 11 is 0. The summed E-state index contributed by atoms with van der Waals surface area (Å²) in [6.07, 6.45) is 4.64. The van der Waals surface area contributed by atoms with Gasteiger partial charge in [-0.15, -0.1) is 0 Å². The van der Waals surface area contributed by atoms with Gasteiger partial charge in [0.25, 0.3) is 5.91 Å². The molecule has 1 aliphatic heterocycles. The molecule has 0 aliphatic carbocycles. The molecule has 0 spiro atoms. The summed E-state index contributed by atoms with van der Waals surface area (Å²) in [5, 5.41) is 3.32. The molecule has 0 atom stereocenters. The molecule has 3 rings (SSSR count). The Balaban J connectivity index is 1.72. The molecule has 1 aromatic carbocycles. The van der Waals surface area contributed by atoms with Crippen LogP contribution >= 0.6 is 0 Å². The predicted octanol–water partition coefficient (Wildman–Crippen LogP) is 2.57. The van der Waals surface area contributed by atoms with E-state index in [0.717, 1.165) is 43.3 Å². The topological polar surface area (TPSA) is 62.3 Å². The summed E-state index contributed by atoms with van der Waals surface area (Å²) in [6, 6.07) is 9.01. The van der Waals surface area contributed by atoms with Crippen LogP contribution in [0.25, 0.3) is 10.9 Å². The van der Waals surface area contributed by atoms with E-state index in [-0.39, 0.29) is 6.03 Å². The zero-order valence-corrected chi connectivity index (χ0v) is 11.7.